The monoisotopic (exact) mass is 699 g/mol. The van der Waals surface area contributed by atoms with Crippen molar-refractivity contribution in [1.29, 1.82) is 0 Å². The second-order valence-corrected chi connectivity index (χ2v) is 11.6. The summed E-state index contributed by atoms with van der Waals surface area (Å²) >= 11 is 0. The Balaban J connectivity index is 3.70. The molecule has 14 heteroatoms. The molecule has 0 bridgehead atoms. The lowest BCUT2D eigenvalue weighted by Gasteiger charge is -2.19. The molecule has 0 saturated heterocycles. The van der Waals surface area contributed by atoms with E-state index in [0.29, 0.717) is 145 Å². The molecule has 0 heterocycles. The highest BCUT2D eigenvalue weighted by atomic mass is 16.6. The Bertz CT molecular complexity index is 617. The maximum atomic E-state index is 12.1. The first-order chi connectivity index (χ1) is 23.3. The molecule has 14 nitrogen and oxygen atoms in total. The molecule has 0 fully saturated rings. The smallest absolute Gasteiger partial charge is 0.149 e. The van der Waals surface area contributed by atoms with Crippen molar-refractivity contribution in [3.8, 4) is 0 Å². The fourth-order valence-electron chi connectivity index (χ4n) is 3.51. The van der Waals surface area contributed by atoms with Crippen LogP contribution in [-0.4, -0.2) is 176 Å². The topological polar surface area (TPSA) is 140 Å². The molecule has 0 atom stereocenters. The number of Topliss-reactive ketones (excluding diaryl/α,β-unsaturated/α-hetero) is 1. The highest BCUT2D eigenvalue weighted by molar-refractivity contribution is 5.82. The summed E-state index contributed by atoms with van der Waals surface area (Å²) < 4.78 is 66.3. The second-order valence-electron chi connectivity index (χ2n) is 11.6. The first-order valence-electron chi connectivity index (χ1n) is 17.6. The van der Waals surface area contributed by atoms with E-state index in [4.69, 9.17) is 56.8 Å². The minimum atomic E-state index is -0.128. The first-order valence-corrected chi connectivity index (χ1v) is 17.6. The van der Waals surface area contributed by atoms with E-state index < -0.39 is 0 Å². The summed E-state index contributed by atoms with van der Waals surface area (Å²) in [6.45, 7) is 23.0. The van der Waals surface area contributed by atoms with E-state index in [9.17, 15) is 4.79 Å². The number of nitrogens with one attached hydrogen (secondary N) is 1. The van der Waals surface area contributed by atoms with Crippen molar-refractivity contribution in [3.05, 3.63) is 0 Å². The normalized spacial score (nSPS) is 12.0. The van der Waals surface area contributed by atoms with Crippen LogP contribution in [0.2, 0.25) is 0 Å². The van der Waals surface area contributed by atoms with E-state index in [1.165, 1.54) is 0 Å². The molecule has 48 heavy (non-hydrogen) atoms. The fourth-order valence-corrected chi connectivity index (χ4v) is 3.51. The average Bonchev–Trinajstić information content (AvgIpc) is 3.05. The Morgan fingerprint density at radius 1 is 0.396 bits per heavy atom. The van der Waals surface area contributed by atoms with Gasteiger partial charge in [-0.3, -0.25) is 4.79 Å². The summed E-state index contributed by atoms with van der Waals surface area (Å²) in [5.41, 5.74) is 0. The molecule has 0 radical (unpaired) electrons. The van der Waals surface area contributed by atoms with Gasteiger partial charge in [0, 0.05) is 5.92 Å². The Hall–Kier alpha value is -0.850. The van der Waals surface area contributed by atoms with Gasteiger partial charge in [-0.25, -0.2) is 0 Å². The van der Waals surface area contributed by atoms with Gasteiger partial charge in [-0.15, -0.1) is 0 Å². The molecule has 0 unspecified atom stereocenters. The third-order valence-electron chi connectivity index (χ3n) is 6.18. The lowest BCUT2D eigenvalue weighted by atomic mass is 10.1. The number of ketones is 1. The van der Waals surface area contributed by atoms with E-state index >= 15 is 0 Å². The summed E-state index contributed by atoms with van der Waals surface area (Å²) in [5, 5.41) is 3.24. The largest absolute Gasteiger partial charge is 0.377 e. The predicted octanol–water partition coefficient (Wildman–Crippen LogP) is 2.19. The van der Waals surface area contributed by atoms with Gasteiger partial charge in [0.25, 0.3) is 0 Å². The van der Waals surface area contributed by atoms with E-state index in [1.54, 1.807) is 0 Å². The number of rotatable bonds is 40. The Kier molecular flexibility index (Phi) is 36.7. The molecule has 288 valence electrons. The quantitative estimate of drug-likeness (QED) is 0.0935. The number of carbonyl (C=O) groups excluding carboxylic acids is 1. The predicted molar refractivity (Wildman–Crippen MR) is 182 cm³/mol. The molecule has 0 aliphatic heterocycles. The third-order valence-corrected chi connectivity index (χ3v) is 6.18. The number of carbonyl (C=O) groups is 1. The Morgan fingerprint density at radius 3 is 0.896 bits per heavy atom. The van der Waals surface area contributed by atoms with E-state index in [2.05, 4.69) is 5.32 Å². The molecule has 0 saturated carbocycles. The van der Waals surface area contributed by atoms with E-state index in [1.807, 2.05) is 41.5 Å². The standard InChI is InChI=1S/C34H69NO13/c1-30(2)34(36)27-35-33(28-45-21-19-41-13-11-37-7-9-39-15-17-43-23-25-47-31(3)4)29-46-22-20-42-14-12-38-8-10-40-16-18-44-24-26-48-32(5)6/h30-33,35H,7-29H2,1-6H3. The lowest BCUT2D eigenvalue weighted by Crippen LogP contribution is -2.41. The van der Waals surface area contributed by atoms with Crippen LogP contribution in [0.3, 0.4) is 0 Å². The maximum absolute atomic E-state index is 12.1. The molecule has 0 rings (SSSR count). The van der Waals surface area contributed by atoms with Gasteiger partial charge in [-0.05, 0) is 27.7 Å². The number of hydrogen-bond donors (Lipinski definition) is 1. The van der Waals surface area contributed by atoms with Crippen LogP contribution in [0.4, 0.5) is 0 Å². The molecular formula is C34H69NO13. The van der Waals surface area contributed by atoms with Crippen molar-refractivity contribution in [2.45, 2.75) is 59.8 Å². The van der Waals surface area contributed by atoms with Gasteiger partial charge in [0.05, 0.1) is 170 Å². The maximum Gasteiger partial charge on any atom is 0.149 e. The average molecular weight is 700 g/mol. The van der Waals surface area contributed by atoms with Crippen molar-refractivity contribution >= 4 is 5.78 Å². The third kappa shape index (κ3) is 38.0. The highest BCUT2D eigenvalue weighted by Crippen LogP contribution is 1.96. The van der Waals surface area contributed by atoms with Gasteiger partial charge < -0.3 is 62.2 Å². The second kappa shape index (κ2) is 37.4. The Morgan fingerprint density at radius 2 is 0.646 bits per heavy atom. The van der Waals surface area contributed by atoms with Crippen LogP contribution in [0.15, 0.2) is 0 Å². The van der Waals surface area contributed by atoms with E-state index in [0.717, 1.165) is 0 Å². The van der Waals surface area contributed by atoms with Crippen molar-refractivity contribution in [2.24, 2.45) is 5.92 Å². The SMILES string of the molecule is CC(C)OCCOCCOCCOCCOCCOCC(COCCOCCOCCOCCOCCOC(C)C)NCC(=O)C(C)C. The van der Waals surface area contributed by atoms with E-state index in [-0.39, 0.29) is 36.5 Å². The van der Waals surface area contributed by atoms with Gasteiger partial charge in [0.2, 0.25) is 0 Å². The molecule has 0 aliphatic rings. The van der Waals surface area contributed by atoms with Crippen LogP contribution in [-0.2, 0) is 61.6 Å². The highest BCUT2D eigenvalue weighted by Gasteiger charge is 2.13. The Labute approximate surface area is 290 Å². The molecule has 0 aromatic carbocycles. The summed E-state index contributed by atoms with van der Waals surface area (Å²) in [6, 6.07) is -0.128. The molecule has 1 N–H and O–H groups in total. The first kappa shape index (κ1) is 47.1. The van der Waals surface area contributed by atoms with Gasteiger partial charge in [-0.1, -0.05) is 13.8 Å². The van der Waals surface area contributed by atoms with Crippen LogP contribution >= 0.6 is 0 Å². The minimum absolute atomic E-state index is 0.0349. The zero-order valence-electron chi connectivity index (χ0n) is 30.9. The summed E-state index contributed by atoms with van der Waals surface area (Å²) in [7, 11) is 0. The van der Waals surface area contributed by atoms with Gasteiger partial charge in [0.1, 0.15) is 5.78 Å². The summed E-state index contributed by atoms with van der Waals surface area (Å²) in [4.78, 5) is 12.1. The van der Waals surface area contributed by atoms with Crippen LogP contribution in [0.5, 0.6) is 0 Å². The fraction of sp³-hybridized carbons (Fsp3) is 0.971. The molecule has 0 amide bonds. The number of hydrogen-bond acceptors (Lipinski definition) is 14. The molecule has 0 aromatic heterocycles. The van der Waals surface area contributed by atoms with Crippen LogP contribution < -0.4 is 5.32 Å². The molecule has 0 aromatic rings. The van der Waals surface area contributed by atoms with Crippen LogP contribution in [0.25, 0.3) is 0 Å². The van der Waals surface area contributed by atoms with Gasteiger partial charge in [0.15, 0.2) is 0 Å². The summed E-state index contributed by atoms with van der Waals surface area (Å²) in [6.07, 6.45) is 0.437. The molecule has 0 aliphatic carbocycles. The minimum Gasteiger partial charge on any atom is -0.377 e. The van der Waals surface area contributed by atoms with Crippen LogP contribution in [0.1, 0.15) is 41.5 Å². The number of ether oxygens (including phenoxy) is 12. The van der Waals surface area contributed by atoms with Crippen LogP contribution in [0, 0.1) is 5.92 Å². The van der Waals surface area contributed by atoms with Crippen molar-refractivity contribution < 1.29 is 61.6 Å². The molecule has 0 spiro atoms. The van der Waals surface area contributed by atoms with Gasteiger partial charge in [-0.2, -0.15) is 0 Å². The van der Waals surface area contributed by atoms with Crippen molar-refractivity contribution in [2.75, 3.05) is 152 Å². The lowest BCUT2D eigenvalue weighted by molar-refractivity contribution is -0.121. The van der Waals surface area contributed by atoms with Crippen molar-refractivity contribution in [3.63, 3.8) is 0 Å². The van der Waals surface area contributed by atoms with Gasteiger partial charge >= 0.3 is 0 Å². The zero-order valence-corrected chi connectivity index (χ0v) is 30.9. The van der Waals surface area contributed by atoms with Crippen molar-refractivity contribution in [1.82, 2.24) is 5.32 Å². The zero-order chi connectivity index (χ0) is 35.3. The summed E-state index contributed by atoms with van der Waals surface area (Å²) in [5.74, 6) is 0.107. The molecular weight excluding hydrogens is 630 g/mol.